The Balaban J connectivity index is 1.87. The average molecular weight is 370 g/mol. The summed E-state index contributed by atoms with van der Waals surface area (Å²) in [5.74, 6) is 0.0175. The van der Waals surface area contributed by atoms with Crippen LogP contribution in [0.2, 0.25) is 5.02 Å². The molecule has 0 radical (unpaired) electrons. The first kappa shape index (κ1) is 16.9. The van der Waals surface area contributed by atoms with Gasteiger partial charge in [0.15, 0.2) is 0 Å². The maximum Gasteiger partial charge on any atom is 0.256 e. The molecule has 0 saturated heterocycles. The molecule has 2 N–H and O–H groups in total. The molecule has 0 bridgehead atoms. The van der Waals surface area contributed by atoms with Crippen molar-refractivity contribution in [1.29, 1.82) is 0 Å². The molecule has 9 heteroatoms. The van der Waals surface area contributed by atoms with Gasteiger partial charge < -0.3 is 5.11 Å². The Hall–Kier alpha value is -1.90. The predicted octanol–water partition coefficient (Wildman–Crippen LogP) is 1.09. The molecule has 0 saturated carbocycles. The van der Waals surface area contributed by atoms with Gasteiger partial charge in [-0.15, -0.1) is 0 Å². The van der Waals surface area contributed by atoms with E-state index in [9.17, 15) is 18.3 Å². The number of aromatic amines is 1. The zero-order valence-corrected chi connectivity index (χ0v) is 14.5. The summed E-state index contributed by atoms with van der Waals surface area (Å²) in [6, 6.07) is 5.03. The number of nitrogens with one attached hydrogen (secondary N) is 1. The fourth-order valence-electron chi connectivity index (χ4n) is 2.70. The molecule has 1 aromatic carbocycles. The molecule has 0 unspecified atom stereocenters. The third kappa shape index (κ3) is 3.31. The number of phenolic OH excluding ortho intramolecular Hbond substituents is 1. The first-order valence-electron chi connectivity index (χ1n) is 7.26. The third-order valence-corrected chi connectivity index (χ3v) is 5.26. The van der Waals surface area contributed by atoms with Crippen molar-refractivity contribution in [2.45, 2.75) is 24.7 Å². The molecule has 128 valence electrons. The third-order valence-electron chi connectivity index (χ3n) is 3.93. The number of nitrogens with zero attached hydrogens (tertiary/aromatic N) is 2. The molecule has 0 fully saturated rings. The van der Waals surface area contributed by atoms with Crippen molar-refractivity contribution in [3.05, 3.63) is 50.4 Å². The second-order valence-electron chi connectivity index (χ2n) is 5.78. The highest BCUT2D eigenvalue weighted by atomic mass is 35.5. The molecule has 0 atom stereocenters. The molecule has 3 rings (SSSR count). The summed E-state index contributed by atoms with van der Waals surface area (Å²) >= 11 is 6.09. The Kier molecular flexibility index (Phi) is 4.37. The van der Waals surface area contributed by atoms with Crippen molar-refractivity contribution in [3.8, 4) is 5.75 Å². The van der Waals surface area contributed by atoms with Gasteiger partial charge >= 0.3 is 0 Å². The van der Waals surface area contributed by atoms with Crippen LogP contribution >= 0.6 is 11.6 Å². The van der Waals surface area contributed by atoms with Gasteiger partial charge in [-0.05, 0) is 11.6 Å². The highest BCUT2D eigenvalue weighted by Gasteiger charge is 2.24. The molecular formula is C15H16ClN3O4S. The predicted molar refractivity (Wildman–Crippen MR) is 88.9 cm³/mol. The van der Waals surface area contributed by atoms with Crippen LogP contribution in [0, 0.1) is 0 Å². The van der Waals surface area contributed by atoms with Crippen LogP contribution in [0.3, 0.4) is 0 Å². The summed E-state index contributed by atoms with van der Waals surface area (Å²) in [5.41, 5.74) is 1.30. The van der Waals surface area contributed by atoms with E-state index >= 15 is 0 Å². The number of rotatable bonds is 3. The Bertz CT molecular complexity index is 956. The second-order valence-corrected chi connectivity index (χ2v) is 8.09. The standard InChI is InChI=1S/C15H16ClN3O4S/c1-24(22,23)15-17-11-5-6-19(8-10(11)14(21)18-15)7-9-3-2-4-12(20)13(9)16/h2-4,20H,5-8H2,1H3,(H,17,18,21). The summed E-state index contributed by atoms with van der Waals surface area (Å²) in [6.07, 6.45) is 1.48. The van der Waals surface area contributed by atoms with Crippen LogP contribution in [0.15, 0.2) is 28.2 Å². The number of sulfone groups is 1. The van der Waals surface area contributed by atoms with E-state index in [1.54, 1.807) is 6.07 Å². The van der Waals surface area contributed by atoms with Crippen LogP contribution < -0.4 is 5.56 Å². The van der Waals surface area contributed by atoms with E-state index < -0.39 is 15.4 Å². The van der Waals surface area contributed by atoms with Crippen molar-refractivity contribution < 1.29 is 13.5 Å². The molecule has 7 nitrogen and oxygen atoms in total. The molecule has 2 heterocycles. The SMILES string of the molecule is CS(=O)(=O)c1nc2c(c(=O)[nH]1)CN(Cc1cccc(O)c1Cl)CC2. The summed E-state index contributed by atoms with van der Waals surface area (Å²) in [6.45, 7) is 1.42. The number of aromatic hydroxyl groups is 1. The Morgan fingerprint density at radius 2 is 2.17 bits per heavy atom. The monoisotopic (exact) mass is 369 g/mol. The molecule has 0 aliphatic carbocycles. The van der Waals surface area contributed by atoms with Crippen molar-refractivity contribution in [1.82, 2.24) is 14.9 Å². The van der Waals surface area contributed by atoms with Crippen LogP contribution in [0.4, 0.5) is 0 Å². The average Bonchev–Trinajstić information content (AvgIpc) is 2.51. The quantitative estimate of drug-likeness (QED) is 0.785. The zero-order valence-electron chi connectivity index (χ0n) is 12.9. The highest BCUT2D eigenvalue weighted by molar-refractivity contribution is 7.90. The molecule has 1 aromatic heterocycles. The minimum Gasteiger partial charge on any atom is -0.506 e. The van der Waals surface area contributed by atoms with Gasteiger partial charge in [-0.25, -0.2) is 13.4 Å². The fraction of sp³-hybridized carbons (Fsp3) is 0.333. The van der Waals surface area contributed by atoms with Crippen LogP contribution in [-0.2, 0) is 29.3 Å². The number of fused-ring (bicyclic) bond motifs is 1. The molecule has 0 amide bonds. The first-order chi connectivity index (χ1) is 11.3. The van der Waals surface area contributed by atoms with E-state index in [4.69, 9.17) is 11.6 Å². The fourth-order valence-corrected chi connectivity index (χ4v) is 3.44. The number of hydrogen-bond donors (Lipinski definition) is 2. The Morgan fingerprint density at radius 3 is 2.88 bits per heavy atom. The lowest BCUT2D eigenvalue weighted by atomic mass is 10.1. The minimum atomic E-state index is -3.56. The number of hydrogen-bond acceptors (Lipinski definition) is 6. The number of benzene rings is 1. The lowest BCUT2D eigenvalue weighted by molar-refractivity contribution is 0.240. The van der Waals surface area contributed by atoms with Gasteiger partial charge in [-0.1, -0.05) is 23.7 Å². The van der Waals surface area contributed by atoms with E-state index in [0.717, 1.165) is 11.8 Å². The Labute approximate surface area is 143 Å². The van der Waals surface area contributed by atoms with Crippen LogP contribution in [-0.4, -0.2) is 41.2 Å². The van der Waals surface area contributed by atoms with Crippen LogP contribution in [0.5, 0.6) is 5.75 Å². The lowest BCUT2D eigenvalue weighted by Gasteiger charge is -2.28. The highest BCUT2D eigenvalue weighted by Crippen LogP contribution is 2.28. The maximum atomic E-state index is 12.2. The van der Waals surface area contributed by atoms with Gasteiger partial charge in [0.2, 0.25) is 15.0 Å². The normalized spacial score (nSPS) is 15.2. The van der Waals surface area contributed by atoms with Crippen molar-refractivity contribution in [3.63, 3.8) is 0 Å². The van der Waals surface area contributed by atoms with Gasteiger partial charge in [-0.2, -0.15) is 0 Å². The number of H-pyrrole nitrogens is 1. The topological polar surface area (TPSA) is 103 Å². The molecular weight excluding hydrogens is 354 g/mol. The van der Waals surface area contributed by atoms with Crippen LogP contribution in [0.25, 0.3) is 0 Å². The number of phenols is 1. The maximum absolute atomic E-state index is 12.2. The van der Waals surface area contributed by atoms with Gasteiger partial charge in [-0.3, -0.25) is 14.7 Å². The van der Waals surface area contributed by atoms with E-state index in [-0.39, 0.29) is 10.9 Å². The number of halogens is 1. The van der Waals surface area contributed by atoms with E-state index in [1.807, 2.05) is 11.0 Å². The van der Waals surface area contributed by atoms with Gasteiger partial charge in [0.05, 0.1) is 16.3 Å². The van der Waals surface area contributed by atoms with Crippen molar-refractivity contribution in [2.24, 2.45) is 0 Å². The summed E-state index contributed by atoms with van der Waals surface area (Å²) in [5, 5.41) is 9.66. The summed E-state index contributed by atoms with van der Waals surface area (Å²) < 4.78 is 23.1. The molecule has 0 spiro atoms. The van der Waals surface area contributed by atoms with Crippen LogP contribution in [0.1, 0.15) is 16.8 Å². The van der Waals surface area contributed by atoms with Gasteiger partial charge in [0.25, 0.3) is 5.56 Å². The second kappa shape index (κ2) is 6.19. The molecule has 2 aromatic rings. The molecule has 1 aliphatic heterocycles. The van der Waals surface area contributed by atoms with Crippen molar-refractivity contribution in [2.75, 3.05) is 12.8 Å². The lowest BCUT2D eigenvalue weighted by Crippen LogP contribution is -2.36. The van der Waals surface area contributed by atoms with Gasteiger partial charge in [0, 0.05) is 32.3 Å². The zero-order chi connectivity index (χ0) is 17.5. The summed E-state index contributed by atoms with van der Waals surface area (Å²) in [7, 11) is -3.56. The smallest absolute Gasteiger partial charge is 0.256 e. The summed E-state index contributed by atoms with van der Waals surface area (Å²) in [4.78, 5) is 20.6. The molecule has 24 heavy (non-hydrogen) atoms. The van der Waals surface area contributed by atoms with Crippen molar-refractivity contribution >= 4 is 21.4 Å². The number of aromatic nitrogens is 2. The minimum absolute atomic E-state index is 0.0175. The molecule has 1 aliphatic rings. The Morgan fingerprint density at radius 1 is 1.42 bits per heavy atom. The van der Waals surface area contributed by atoms with E-state index in [0.29, 0.717) is 42.3 Å². The largest absolute Gasteiger partial charge is 0.506 e. The van der Waals surface area contributed by atoms with E-state index in [1.165, 1.54) is 6.07 Å². The first-order valence-corrected chi connectivity index (χ1v) is 9.53. The van der Waals surface area contributed by atoms with Gasteiger partial charge in [0.1, 0.15) is 5.75 Å². The van der Waals surface area contributed by atoms with E-state index in [2.05, 4.69) is 9.97 Å².